The maximum absolute atomic E-state index is 13.8. The average Bonchev–Trinajstić information content (AvgIpc) is 3.31. The molecule has 7 nitrogen and oxygen atoms in total. The first kappa shape index (κ1) is 25.2. The van der Waals surface area contributed by atoms with E-state index < -0.39 is 0 Å². The number of benzene rings is 2. The molecule has 1 N–H and O–H groups in total. The summed E-state index contributed by atoms with van der Waals surface area (Å²) in [5.41, 5.74) is 2.86. The molecule has 1 atom stereocenters. The Hall–Kier alpha value is -3.45. The van der Waals surface area contributed by atoms with Gasteiger partial charge in [0.15, 0.2) is 11.5 Å². The van der Waals surface area contributed by atoms with E-state index in [9.17, 15) is 9.59 Å². The molecule has 0 bridgehead atoms. The van der Waals surface area contributed by atoms with E-state index in [2.05, 4.69) is 40.5 Å². The lowest BCUT2D eigenvalue weighted by molar-refractivity contribution is -0.117. The van der Waals surface area contributed by atoms with Crippen LogP contribution in [-0.2, 0) is 24.2 Å². The van der Waals surface area contributed by atoms with Crippen molar-refractivity contribution in [2.24, 2.45) is 0 Å². The number of carbonyl (C=O) groups is 2. The number of aryl methyl sites for hydroxylation is 2. The summed E-state index contributed by atoms with van der Waals surface area (Å²) in [6.45, 7) is 6.82. The zero-order valence-corrected chi connectivity index (χ0v) is 21.7. The van der Waals surface area contributed by atoms with Gasteiger partial charge in [-0.25, -0.2) is 4.98 Å². The molecular formula is C30H37N5O2. The van der Waals surface area contributed by atoms with E-state index in [1.807, 2.05) is 46.7 Å². The van der Waals surface area contributed by atoms with Crippen LogP contribution in [0.2, 0.25) is 0 Å². The molecule has 5 rings (SSSR count). The number of hydrogen-bond donors (Lipinski definition) is 1. The molecule has 2 amide bonds. The summed E-state index contributed by atoms with van der Waals surface area (Å²) >= 11 is 0. The Labute approximate surface area is 219 Å². The van der Waals surface area contributed by atoms with Gasteiger partial charge in [0.2, 0.25) is 5.91 Å². The smallest absolute Gasteiger partial charge is 0.274 e. The van der Waals surface area contributed by atoms with Crippen molar-refractivity contribution in [1.82, 2.24) is 19.4 Å². The quantitative estimate of drug-likeness (QED) is 0.500. The molecule has 0 saturated carbocycles. The zero-order chi connectivity index (χ0) is 25.6. The van der Waals surface area contributed by atoms with Crippen molar-refractivity contribution < 1.29 is 9.59 Å². The Balaban J connectivity index is 1.23. The fourth-order valence-electron chi connectivity index (χ4n) is 5.38. The largest absolute Gasteiger partial charge is 0.335 e. The lowest BCUT2D eigenvalue weighted by atomic mass is 10.0. The van der Waals surface area contributed by atoms with E-state index in [-0.39, 0.29) is 17.7 Å². The van der Waals surface area contributed by atoms with E-state index >= 15 is 0 Å². The molecule has 1 aromatic heterocycles. The Morgan fingerprint density at radius 1 is 0.919 bits per heavy atom. The van der Waals surface area contributed by atoms with Crippen LogP contribution >= 0.6 is 0 Å². The molecule has 3 heterocycles. The van der Waals surface area contributed by atoms with Gasteiger partial charge in [-0.1, -0.05) is 60.7 Å². The van der Waals surface area contributed by atoms with Gasteiger partial charge in [0.25, 0.3) is 5.91 Å². The maximum Gasteiger partial charge on any atom is 0.274 e. The van der Waals surface area contributed by atoms with E-state index in [1.165, 1.54) is 5.56 Å². The van der Waals surface area contributed by atoms with Crippen LogP contribution in [0, 0.1) is 0 Å². The lowest BCUT2D eigenvalue weighted by Gasteiger charge is -2.35. The maximum atomic E-state index is 13.8. The Morgan fingerprint density at radius 2 is 1.62 bits per heavy atom. The number of nitrogens with zero attached hydrogens (tertiary/aromatic N) is 4. The first-order valence-electron chi connectivity index (χ1n) is 13.6. The summed E-state index contributed by atoms with van der Waals surface area (Å²) in [7, 11) is 0. The van der Waals surface area contributed by atoms with Gasteiger partial charge < -0.3 is 14.8 Å². The summed E-state index contributed by atoms with van der Waals surface area (Å²) < 4.78 is 2.04. The number of piperazine rings is 1. The van der Waals surface area contributed by atoms with Crippen molar-refractivity contribution in [1.29, 1.82) is 0 Å². The van der Waals surface area contributed by atoms with Crippen molar-refractivity contribution in [2.75, 3.05) is 38.0 Å². The normalized spacial score (nSPS) is 16.7. The molecular weight excluding hydrogens is 462 g/mol. The second kappa shape index (κ2) is 11.7. The van der Waals surface area contributed by atoms with Crippen molar-refractivity contribution in [3.8, 4) is 0 Å². The van der Waals surface area contributed by atoms with Crippen LogP contribution in [0.15, 0.2) is 60.7 Å². The van der Waals surface area contributed by atoms with Crippen LogP contribution in [0.1, 0.15) is 59.5 Å². The molecule has 0 radical (unpaired) electrons. The minimum atomic E-state index is -0.331. The number of fused-ring (bicyclic) bond motifs is 1. The topological polar surface area (TPSA) is 70.5 Å². The number of rotatable bonds is 8. The fraction of sp³-hybridized carbons (Fsp3) is 0.433. The van der Waals surface area contributed by atoms with Crippen molar-refractivity contribution in [3.05, 3.63) is 83.3 Å². The molecule has 37 heavy (non-hydrogen) atoms. The van der Waals surface area contributed by atoms with E-state index in [1.54, 1.807) is 0 Å². The number of aromatic nitrogens is 2. The van der Waals surface area contributed by atoms with Crippen LogP contribution in [-0.4, -0.2) is 63.9 Å². The molecule has 194 valence electrons. The van der Waals surface area contributed by atoms with Gasteiger partial charge in [0, 0.05) is 39.1 Å². The lowest BCUT2D eigenvalue weighted by Crippen LogP contribution is -2.49. The molecule has 3 aromatic rings. The van der Waals surface area contributed by atoms with Gasteiger partial charge in [-0.2, -0.15) is 0 Å². The van der Waals surface area contributed by atoms with Gasteiger partial charge in [0.05, 0.1) is 5.92 Å². The standard InChI is InChI=1S/C30H37N5O2/c1-23(25-14-6-3-7-15-25)29(36)32-28-27(35-18-9-8-16-26(35)31-28)30(37)34-21-19-33(20-22-34)17-10-13-24-11-4-2-5-12-24/h2-7,11-12,14-15,23H,8-10,13,16-22H2,1H3,(H,32,36). The Kier molecular flexibility index (Phi) is 7.99. The summed E-state index contributed by atoms with van der Waals surface area (Å²) in [5, 5.41) is 3.01. The third-order valence-corrected chi connectivity index (χ3v) is 7.66. The van der Waals surface area contributed by atoms with E-state index in [4.69, 9.17) is 4.98 Å². The van der Waals surface area contributed by atoms with Crippen LogP contribution < -0.4 is 5.32 Å². The van der Waals surface area contributed by atoms with Crippen molar-refractivity contribution >= 4 is 17.6 Å². The summed E-state index contributed by atoms with van der Waals surface area (Å²) in [5.74, 6) is 0.824. The van der Waals surface area contributed by atoms with Gasteiger partial charge >= 0.3 is 0 Å². The molecule has 7 heteroatoms. The van der Waals surface area contributed by atoms with Gasteiger partial charge in [-0.15, -0.1) is 0 Å². The van der Waals surface area contributed by atoms with Crippen molar-refractivity contribution in [2.45, 2.75) is 51.5 Å². The minimum Gasteiger partial charge on any atom is -0.335 e. The second-order valence-corrected chi connectivity index (χ2v) is 10.2. The zero-order valence-electron chi connectivity index (χ0n) is 21.7. The van der Waals surface area contributed by atoms with Gasteiger partial charge in [-0.05, 0) is 50.3 Å². The molecule has 1 fully saturated rings. The number of imidazole rings is 1. The van der Waals surface area contributed by atoms with E-state index in [0.29, 0.717) is 24.6 Å². The van der Waals surface area contributed by atoms with Crippen molar-refractivity contribution in [3.63, 3.8) is 0 Å². The molecule has 2 aliphatic heterocycles. The van der Waals surface area contributed by atoms with Gasteiger partial charge in [-0.3, -0.25) is 14.5 Å². The first-order chi connectivity index (χ1) is 18.1. The molecule has 2 aromatic carbocycles. The Morgan fingerprint density at radius 3 is 2.35 bits per heavy atom. The first-order valence-corrected chi connectivity index (χ1v) is 13.6. The summed E-state index contributed by atoms with van der Waals surface area (Å²) in [6.07, 6.45) is 5.10. The predicted octanol–water partition coefficient (Wildman–Crippen LogP) is 4.35. The highest BCUT2D eigenvalue weighted by atomic mass is 16.2. The molecule has 0 aliphatic carbocycles. The second-order valence-electron chi connectivity index (χ2n) is 10.2. The van der Waals surface area contributed by atoms with E-state index in [0.717, 1.165) is 69.7 Å². The SMILES string of the molecule is CC(C(=O)Nc1nc2n(c1C(=O)N1CCN(CCCc3ccccc3)CC1)CCCC2)c1ccccc1. The fourth-order valence-corrected chi connectivity index (χ4v) is 5.38. The molecule has 0 spiro atoms. The summed E-state index contributed by atoms with van der Waals surface area (Å²) in [4.78, 5) is 36.0. The highest BCUT2D eigenvalue weighted by Gasteiger charge is 2.31. The third-order valence-electron chi connectivity index (χ3n) is 7.66. The van der Waals surface area contributed by atoms with Crippen LogP contribution in [0.25, 0.3) is 0 Å². The highest BCUT2D eigenvalue weighted by molar-refractivity contribution is 6.03. The predicted molar refractivity (Wildman–Crippen MR) is 146 cm³/mol. The van der Waals surface area contributed by atoms with Crippen LogP contribution in [0.3, 0.4) is 0 Å². The van der Waals surface area contributed by atoms with Crippen LogP contribution in [0.5, 0.6) is 0 Å². The van der Waals surface area contributed by atoms with Crippen LogP contribution in [0.4, 0.5) is 5.82 Å². The average molecular weight is 500 g/mol. The minimum absolute atomic E-state index is 0.0211. The number of anilines is 1. The number of amides is 2. The highest BCUT2D eigenvalue weighted by Crippen LogP contribution is 2.27. The molecule has 1 saturated heterocycles. The monoisotopic (exact) mass is 499 g/mol. The summed E-state index contributed by atoms with van der Waals surface area (Å²) in [6, 6.07) is 20.3. The Bertz CT molecular complexity index is 1200. The molecule has 1 unspecified atom stereocenters. The molecule has 2 aliphatic rings. The number of carbonyl (C=O) groups excluding carboxylic acids is 2. The number of hydrogen-bond acceptors (Lipinski definition) is 4. The number of nitrogens with one attached hydrogen (secondary N) is 1. The van der Waals surface area contributed by atoms with Gasteiger partial charge in [0.1, 0.15) is 5.82 Å². The third kappa shape index (κ3) is 5.93.